The number of nitrogens with one attached hydrogen (secondary N) is 2. The molecule has 1 atom stereocenters. The Morgan fingerprint density at radius 2 is 2.32 bits per heavy atom. The SMILES string of the molecule is Cc1[nH]c2c(CC(N)=O)cc(F)c(N3CCC[C@H](NC#N)C3)c2c1C. The van der Waals surface area contributed by atoms with E-state index in [0.29, 0.717) is 17.8 Å². The molecule has 3 rings (SSSR count). The molecule has 0 spiro atoms. The summed E-state index contributed by atoms with van der Waals surface area (Å²) in [5.41, 5.74) is 9.10. The lowest BCUT2D eigenvalue weighted by molar-refractivity contribution is -0.117. The molecule has 1 fully saturated rings. The van der Waals surface area contributed by atoms with Crippen molar-refractivity contribution in [1.82, 2.24) is 10.3 Å². The zero-order valence-corrected chi connectivity index (χ0v) is 14.4. The third kappa shape index (κ3) is 3.12. The fraction of sp³-hybridized carbons (Fsp3) is 0.444. The molecule has 132 valence electrons. The second-order valence-electron chi connectivity index (χ2n) is 6.68. The molecule has 0 aliphatic carbocycles. The molecular weight excluding hydrogens is 321 g/mol. The van der Waals surface area contributed by atoms with Crippen molar-refractivity contribution in [1.29, 1.82) is 5.26 Å². The Kier molecular flexibility index (Phi) is 4.53. The number of amides is 1. The van der Waals surface area contributed by atoms with E-state index >= 15 is 4.39 Å². The van der Waals surface area contributed by atoms with Crippen LogP contribution >= 0.6 is 0 Å². The number of piperidine rings is 1. The number of nitrogens with zero attached hydrogens (tertiary/aromatic N) is 2. The summed E-state index contributed by atoms with van der Waals surface area (Å²) < 4.78 is 15.0. The molecule has 2 heterocycles. The lowest BCUT2D eigenvalue weighted by atomic mass is 9.99. The molecule has 2 aromatic rings. The molecule has 1 aliphatic heterocycles. The van der Waals surface area contributed by atoms with E-state index < -0.39 is 5.91 Å². The molecule has 6 nitrogen and oxygen atoms in total. The van der Waals surface area contributed by atoms with E-state index in [1.54, 1.807) is 0 Å². The number of halogens is 1. The minimum absolute atomic E-state index is 0.00823. The first-order valence-corrected chi connectivity index (χ1v) is 8.40. The Morgan fingerprint density at radius 1 is 1.56 bits per heavy atom. The van der Waals surface area contributed by atoms with Gasteiger partial charge in [0.05, 0.1) is 23.7 Å². The van der Waals surface area contributed by atoms with Crippen LogP contribution in [-0.2, 0) is 11.2 Å². The van der Waals surface area contributed by atoms with Gasteiger partial charge in [-0.15, -0.1) is 0 Å². The van der Waals surface area contributed by atoms with Gasteiger partial charge in [-0.05, 0) is 43.9 Å². The first kappa shape index (κ1) is 17.1. The normalized spacial score (nSPS) is 17.5. The highest BCUT2D eigenvalue weighted by Gasteiger charge is 2.26. The number of carbonyl (C=O) groups excluding carboxylic acids is 1. The Morgan fingerprint density at radius 3 is 3.00 bits per heavy atom. The van der Waals surface area contributed by atoms with E-state index in [1.807, 2.05) is 24.9 Å². The summed E-state index contributed by atoms with van der Waals surface area (Å²) in [6.07, 6.45) is 3.74. The van der Waals surface area contributed by atoms with Crippen LogP contribution < -0.4 is 16.0 Å². The molecule has 25 heavy (non-hydrogen) atoms. The summed E-state index contributed by atoms with van der Waals surface area (Å²) in [7, 11) is 0. The molecule has 0 bridgehead atoms. The van der Waals surface area contributed by atoms with E-state index in [1.165, 1.54) is 6.07 Å². The van der Waals surface area contributed by atoms with E-state index in [0.717, 1.165) is 41.5 Å². The summed E-state index contributed by atoms with van der Waals surface area (Å²) in [4.78, 5) is 16.6. The number of primary amides is 1. The summed E-state index contributed by atoms with van der Waals surface area (Å²) in [6, 6.07) is 1.41. The monoisotopic (exact) mass is 343 g/mol. The number of hydrogen-bond acceptors (Lipinski definition) is 4. The minimum Gasteiger partial charge on any atom is -0.369 e. The van der Waals surface area contributed by atoms with Gasteiger partial charge in [0.2, 0.25) is 5.91 Å². The fourth-order valence-corrected chi connectivity index (χ4v) is 3.69. The molecule has 0 saturated carbocycles. The number of nitriles is 1. The van der Waals surface area contributed by atoms with Crippen molar-refractivity contribution in [3.05, 3.63) is 28.7 Å². The van der Waals surface area contributed by atoms with Crippen molar-refractivity contribution in [2.24, 2.45) is 5.73 Å². The average molecular weight is 343 g/mol. The van der Waals surface area contributed by atoms with Gasteiger partial charge in [0, 0.05) is 24.2 Å². The maximum absolute atomic E-state index is 15.0. The minimum atomic E-state index is -0.491. The zero-order chi connectivity index (χ0) is 18.1. The molecule has 1 aromatic heterocycles. The third-order valence-corrected chi connectivity index (χ3v) is 4.96. The predicted molar refractivity (Wildman–Crippen MR) is 94.6 cm³/mol. The van der Waals surface area contributed by atoms with Crippen LogP contribution in [0.2, 0.25) is 0 Å². The molecule has 7 heteroatoms. The number of aromatic nitrogens is 1. The van der Waals surface area contributed by atoms with Gasteiger partial charge in [0.1, 0.15) is 5.82 Å². The number of fused-ring (bicyclic) bond motifs is 1. The largest absolute Gasteiger partial charge is 0.369 e. The zero-order valence-electron chi connectivity index (χ0n) is 14.4. The van der Waals surface area contributed by atoms with Gasteiger partial charge < -0.3 is 20.9 Å². The van der Waals surface area contributed by atoms with Gasteiger partial charge >= 0.3 is 0 Å². The van der Waals surface area contributed by atoms with Crippen molar-refractivity contribution in [2.75, 3.05) is 18.0 Å². The Balaban J connectivity index is 2.14. The molecule has 4 N–H and O–H groups in total. The highest BCUT2D eigenvalue weighted by Crippen LogP contribution is 2.37. The molecule has 1 saturated heterocycles. The van der Waals surface area contributed by atoms with Crippen LogP contribution in [0.1, 0.15) is 29.7 Å². The standard InChI is InChI=1S/C18H22FN5O/c1-10-11(2)23-17-12(7-15(21)25)6-14(19)18(16(10)17)24-5-3-4-13(8-24)22-9-20/h6,13,22-23H,3-5,7-8H2,1-2H3,(H2,21,25)/t13-/m0/s1. The number of nitrogens with two attached hydrogens (primary N) is 1. The van der Waals surface area contributed by atoms with E-state index in [2.05, 4.69) is 10.3 Å². The summed E-state index contributed by atoms with van der Waals surface area (Å²) in [5.74, 6) is -0.849. The van der Waals surface area contributed by atoms with Crippen molar-refractivity contribution in [2.45, 2.75) is 39.2 Å². The van der Waals surface area contributed by atoms with Crippen molar-refractivity contribution < 1.29 is 9.18 Å². The van der Waals surface area contributed by atoms with E-state index in [9.17, 15) is 4.79 Å². The van der Waals surface area contributed by atoms with Crippen LogP contribution in [0.5, 0.6) is 0 Å². The van der Waals surface area contributed by atoms with Gasteiger partial charge in [-0.3, -0.25) is 4.79 Å². The summed E-state index contributed by atoms with van der Waals surface area (Å²) >= 11 is 0. The maximum Gasteiger partial charge on any atom is 0.221 e. The van der Waals surface area contributed by atoms with E-state index in [4.69, 9.17) is 11.0 Å². The first-order chi connectivity index (χ1) is 11.9. The van der Waals surface area contributed by atoms with Gasteiger partial charge in [-0.2, -0.15) is 5.26 Å². The van der Waals surface area contributed by atoms with Crippen LogP contribution in [0.3, 0.4) is 0 Å². The second kappa shape index (κ2) is 6.63. The molecule has 1 aliphatic rings. The van der Waals surface area contributed by atoms with Gasteiger partial charge in [-0.25, -0.2) is 4.39 Å². The smallest absolute Gasteiger partial charge is 0.221 e. The highest BCUT2D eigenvalue weighted by atomic mass is 19.1. The van der Waals surface area contributed by atoms with Gasteiger partial charge in [0.15, 0.2) is 6.19 Å². The van der Waals surface area contributed by atoms with Crippen molar-refractivity contribution in [3.8, 4) is 6.19 Å². The number of hydrogen-bond donors (Lipinski definition) is 3. The first-order valence-electron chi connectivity index (χ1n) is 8.40. The molecule has 0 radical (unpaired) electrons. The number of aromatic amines is 1. The molecule has 1 amide bonds. The molecule has 0 unspecified atom stereocenters. The van der Waals surface area contributed by atoms with Gasteiger partial charge in [-0.1, -0.05) is 0 Å². The van der Waals surface area contributed by atoms with Crippen LogP contribution in [0.4, 0.5) is 10.1 Å². The predicted octanol–water partition coefficient (Wildman–Crippen LogP) is 1.99. The Hall–Kier alpha value is -2.75. The lowest BCUT2D eigenvalue weighted by Crippen LogP contribution is -2.44. The van der Waals surface area contributed by atoms with Crippen LogP contribution in [0.25, 0.3) is 10.9 Å². The number of rotatable bonds is 4. The maximum atomic E-state index is 15.0. The molecular formula is C18H22FN5O. The second-order valence-corrected chi connectivity index (χ2v) is 6.68. The number of aryl methyl sites for hydroxylation is 2. The van der Waals surface area contributed by atoms with Crippen molar-refractivity contribution in [3.63, 3.8) is 0 Å². The number of H-pyrrole nitrogens is 1. The van der Waals surface area contributed by atoms with Crippen LogP contribution in [0.15, 0.2) is 6.07 Å². The van der Waals surface area contributed by atoms with Crippen molar-refractivity contribution >= 4 is 22.5 Å². The number of anilines is 1. The molecule has 1 aromatic carbocycles. The highest BCUT2D eigenvalue weighted by molar-refractivity contribution is 6.00. The Bertz CT molecular complexity index is 867. The quantitative estimate of drug-likeness (QED) is 0.584. The average Bonchev–Trinajstić information content (AvgIpc) is 2.84. The summed E-state index contributed by atoms with van der Waals surface area (Å²) in [5, 5.41) is 12.4. The third-order valence-electron chi connectivity index (χ3n) is 4.96. The van der Waals surface area contributed by atoms with Gasteiger partial charge in [0.25, 0.3) is 0 Å². The Labute approximate surface area is 145 Å². The number of carbonyl (C=O) groups is 1. The van der Waals surface area contributed by atoms with E-state index in [-0.39, 0.29) is 18.3 Å². The summed E-state index contributed by atoms with van der Waals surface area (Å²) in [6.45, 7) is 5.17. The number of benzene rings is 1. The topological polar surface area (TPSA) is 97.9 Å². The van der Waals surface area contributed by atoms with Crippen LogP contribution in [0, 0.1) is 31.1 Å². The fourth-order valence-electron chi connectivity index (χ4n) is 3.69. The lowest BCUT2D eigenvalue weighted by Gasteiger charge is -2.34. The van der Waals surface area contributed by atoms with Crippen LogP contribution in [-0.4, -0.2) is 30.0 Å².